The molecule has 0 fully saturated rings. The Morgan fingerprint density at radius 2 is 2.25 bits per heavy atom. The highest BCUT2D eigenvalue weighted by Gasteiger charge is 2.18. The molecule has 1 aromatic rings. The molecule has 0 radical (unpaired) electrons. The van der Waals surface area contributed by atoms with Crippen LogP contribution in [-0.4, -0.2) is 25.9 Å². The van der Waals surface area contributed by atoms with Gasteiger partial charge in [-0.15, -0.1) is 0 Å². The van der Waals surface area contributed by atoms with E-state index >= 15 is 0 Å². The number of nitrogens with two attached hydrogens (primary N) is 1. The normalized spacial score (nSPS) is 14.0. The third-order valence-electron chi connectivity index (χ3n) is 2.65. The molecule has 1 unspecified atom stereocenters. The molecule has 4 heteroatoms. The monoisotopic (exact) mass is 227 g/mol. The van der Waals surface area contributed by atoms with Gasteiger partial charge in [-0.05, 0) is 32.4 Å². The molecule has 1 heterocycles. The predicted octanol–water partition coefficient (Wildman–Crippen LogP) is 2.11. The lowest BCUT2D eigenvalue weighted by atomic mass is 10.1. The summed E-state index contributed by atoms with van der Waals surface area (Å²) in [7, 11) is 1.70. The molecule has 1 atom stereocenters. The smallest absolute Gasteiger partial charge is 0.133 e. The first-order valence-corrected chi connectivity index (χ1v) is 5.49. The molecule has 16 heavy (non-hydrogen) atoms. The van der Waals surface area contributed by atoms with Crippen molar-refractivity contribution < 1.29 is 13.9 Å². The molecule has 4 nitrogen and oxygen atoms in total. The maximum absolute atomic E-state index is 5.67. The number of methoxy groups -OCH3 is 1. The zero-order valence-corrected chi connectivity index (χ0v) is 10.2. The largest absolute Gasteiger partial charge is 0.467 e. The third-order valence-corrected chi connectivity index (χ3v) is 2.65. The van der Waals surface area contributed by atoms with Crippen LogP contribution in [0.15, 0.2) is 22.8 Å². The lowest BCUT2D eigenvalue weighted by molar-refractivity contribution is -0.0296. The average Bonchev–Trinajstić information content (AvgIpc) is 2.78. The van der Waals surface area contributed by atoms with Gasteiger partial charge in [-0.25, -0.2) is 0 Å². The number of hydrogen-bond donors (Lipinski definition) is 1. The summed E-state index contributed by atoms with van der Waals surface area (Å²) in [6.07, 6.45) is 2.28. The fraction of sp³-hybridized carbons (Fsp3) is 0.667. The Morgan fingerprint density at radius 3 is 2.75 bits per heavy atom. The van der Waals surface area contributed by atoms with Crippen LogP contribution in [0, 0.1) is 0 Å². The molecule has 2 N–H and O–H groups in total. The van der Waals surface area contributed by atoms with E-state index in [1.165, 1.54) is 0 Å². The first-order valence-electron chi connectivity index (χ1n) is 5.49. The summed E-state index contributed by atoms with van der Waals surface area (Å²) in [5.41, 5.74) is 5.47. The first-order chi connectivity index (χ1) is 7.59. The summed E-state index contributed by atoms with van der Waals surface area (Å²) in [6.45, 7) is 5.08. The molecule has 1 aromatic heterocycles. The Kier molecular flexibility index (Phi) is 4.99. The van der Waals surface area contributed by atoms with Crippen molar-refractivity contribution in [2.45, 2.75) is 32.0 Å². The van der Waals surface area contributed by atoms with Gasteiger partial charge in [0.1, 0.15) is 11.9 Å². The summed E-state index contributed by atoms with van der Waals surface area (Å²) >= 11 is 0. The Morgan fingerprint density at radius 1 is 1.50 bits per heavy atom. The van der Waals surface area contributed by atoms with Gasteiger partial charge in [0.2, 0.25) is 0 Å². The summed E-state index contributed by atoms with van der Waals surface area (Å²) in [5, 5.41) is 0. The standard InChI is InChI=1S/C12H21NO3/c1-12(2,14-3)6-8-16-11(9-13)10-5-4-7-15-10/h4-5,7,11H,6,8-9,13H2,1-3H3. The Hall–Kier alpha value is -0.840. The highest BCUT2D eigenvalue weighted by Crippen LogP contribution is 2.19. The molecule has 0 saturated heterocycles. The SMILES string of the molecule is COC(C)(C)CCOC(CN)c1ccco1. The lowest BCUT2D eigenvalue weighted by Gasteiger charge is -2.23. The van der Waals surface area contributed by atoms with Crippen LogP contribution in [0.2, 0.25) is 0 Å². The molecule has 0 bridgehead atoms. The highest BCUT2D eigenvalue weighted by atomic mass is 16.5. The van der Waals surface area contributed by atoms with Crippen LogP contribution in [0.1, 0.15) is 32.1 Å². The zero-order valence-electron chi connectivity index (χ0n) is 10.2. The Labute approximate surface area is 96.7 Å². The van der Waals surface area contributed by atoms with Crippen molar-refractivity contribution in [3.05, 3.63) is 24.2 Å². The van der Waals surface area contributed by atoms with E-state index in [4.69, 9.17) is 19.6 Å². The van der Waals surface area contributed by atoms with E-state index in [-0.39, 0.29) is 11.7 Å². The van der Waals surface area contributed by atoms with Gasteiger partial charge in [0.05, 0.1) is 18.5 Å². The van der Waals surface area contributed by atoms with Crippen molar-refractivity contribution in [3.63, 3.8) is 0 Å². The van der Waals surface area contributed by atoms with Gasteiger partial charge in [-0.3, -0.25) is 0 Å². The summed E-state index contributed by atoms with van der Waals surface area (Å²) in [6, 6.07) is 3.71. The Balaban J connectivity index is 2.36. The fourth-order valence-corrected chi connectivity index (χ4v) is 1.29. The molecule has 0 aliphatic heterocycles. The van der Waals surface area contributed by atoms with E-state index in [0.717, 1.165) is 12.2 Å². The van der Waals surface area contributed by atoms with Gasteiger partial charge >= 0.3 is 0 Å². The molecular weight excluding hydrogens is 206 g/mol. The molecule has 0 amide bonds. The predicted molar refractivity (Wildman–Crippen MR) is 62.2 cm³/mol. The number of hydrogen-bond acceptors (Lipinski definition) is 4. The van der Waals surface area contributed by atoms with Gasteiger partial charge in [0.25, 0.3) is 0 Å². The van der Waals surface area contributed by atoms with E-state index in [9.17, 15) is 0 Å². The quantitative estimate of drug-likeness (QED) is 0.775. The van der Waals surface area contributed by atoms with E-state index in [0.29, 0.717) is 13.2 Å². The molecule has 92 valence electrons. The maximum atomic E-state index is 5.67. The highest BCUT2D eigenvalue weighted by molar-refractivity contribution is 5.02. The molecule has 0 aliphatic rings. The van der Waals surface area contributed by atoms with Crippen LogP contribution >= 0.6 is 0 Å². The minimum Gasteiger partial charge on any atom is -0.467 e. The lowest BCUT2D eigenvalue weighted by Crippen LogP contribution is -2.26. The van der Waals surface area contributed by atoms with Gasteiger partial charge in [0, 0.05) is 13.7 Å². The average molecular weight is 227 g/mol. The summed E-state index contributed by atoms with van der Waals surface area (Å²) in [4.78, 5) is 0. The second-order valence-electron chi connectivity index (χ2n) is 4.32. The second kappa shape index (κ2) is 6.03. The van der Waals surface area contributed by atoms with Crippen LogP contribution in [0.4, 0.5) is 0 Å². The first kappa shape index (κ1) is 13.2. The topological polar surface area (TPSA) is 57.6 Å². The fourth-order valence-electron chi connectivity index (χ4n) is 1.29. The Bertz CT molecular complexity index is 282. The van der Waals surface area contributed by atoms with E-state index < -0.39 is 0 Å². The minimum absolute atomic E-state index is 0.164. The number of ether oxygens (including phenoxy) is 2. The van der Waals surface area contributed by atoms with Gasteiger partial charge in [-0.2, -0.15) is 0 Å². The van der Waals surface area contributed by atoms with Crippen molar-refractivity contribution in [3.8, 4) is 0 Å². The maximum Gasteiger partial charge on any atom is 0.133 e. The zero-order chi connectivity index (χ0) is 12.0. The van der Waals surface area contributed by atoms with Gasteiger partial charge in [-0.1, -0.05) is 0 Å². The summed E-state index contributed by atoms with van der Waals surface area (Å²) < 4.78 is 16.2. The van der Waals surface area contributed by atoms with Crippen molar-refractivity contribution in [2.75, 3.05) is 20.3 Å². The van der Waals surface area contributed by atoms with Crippen LogP contribution < -0.4 is 5.73 Å². The number of rotatable bonds is 7. The van der Waals surface area contributed by atoms with Crippen LogP contribution in [-0.2, 0) is 9.47 Å². The van der Waals surface area contributed by atoms with Crippen molar-refractivity contribution in [1.82, 2.24) is 0 Å². The van der Waals surface area contributed by atoms with Gasteiger partial charge in [0.15, 0.2) is 0 Å². The molecule has 0 spiro atoms. The second-order valence-corrected chi connectivity index (χ2v) is 4.32. The van der Waals surface area contributed by atoms with Crippen LogP contribution in [0.3, 0.4) is 0 Å². The van der Waals surface area contributed by atoms with Crippen LogP contribution in [0.25, 0.3) is 0 Å². The molecule has 0 aliphatic carbocycles. The molecule has 0 aromatic carbocycles. The van der Waals surface area contributed by atoms with Crippen molar-refractivity contribution in [2.24, 2.45) is 5.73 Å². The third kappa shape index (κ3) is 3.96. The van der Waals surface area contributed by atoms with E-state index in [2.05, 4.69) is 0 Å². The summed E-state index contributed by atoms with van der Waals surface area (Å²) in [5.74, 6) is 0.776. The number of furan rings is 1. The van der Waals surface area contributed by atoms with E-state index in [1.807, 2.05) is 26.0 Å². The van der Waals surface area contributed by atoms with Crippen LogP contribution in [0.5, 0.6) is 0 Å². The molecule has 1 rings (SSSR count). The van der Waals surface area contributed by atoms with E-state index in [1.54, 1.807) is 13.4 Å². The minimum atomic E-state index is -0.164. The molecular formula is C12H21NO3. The van der Waals surface area contributed by atoms with Crippen molar-refractivity contribution in [1.29, 1.82) is 0 Å². The van der Waals surface area contributed by atoms with Gasteiger partial charge < -0.3 is 19.6 Å². The molecule has 0 saturated carbocycles. The van der Waals surface area contributed by atoms with Crippen molar-refractivity contribution >= 4 is 0 Å².